The molecular weight excluding hydrogens is 564 g/mol. The van der Waals surface area contributed by atoms with Crippen LogP contribution in [0.5, 0.6) is 11.6 Å². The van der Waals surface area contributed by atoms with E-state index in [1.54, 1.807) is 0 Å². The number of amides is 1. The number of carbonyl (C=O) groups excluding carboxylic acids is 1. The highest BCUT2D eigenvalue weighted by Gasteiger charge is 2.39. The number of aromatic nitrogens is 1. The molecule has 5 aromatic rings. The molecule has 7 rings (SSSR count). The molecule has 1 amide bonds. The zero-order valence-corrected chi connectivity index (χ0v) is 25.5. The summed E-state index contributed by atoms with van der Waals surface area (Å²) in [5.74, 6) is 3.18. The van der Waals surface area contributed by atoms with Gasteiger partial charge < -0.3 is 24.9 Å². The summed E-state index contributed by atoms with van der Waals surface area (Å²) < 4.78 is 11.4. The van der Waals surface area contributed by atoms with Gasteiger partial charge in [-0.25, -0.2) is 4.79 Å². The molecule has 4 aromatic carbocycles. The Morgan fingerprint density at radius 2 is 1.76 bits per heavy atom. The second kappa shape index (κ2) is 12.3. The molecule has 1 aromatic heterocycles. The van der Waals surface area contributed by atoms with Crippen molar-refractivity contribution >= 4 is 33.7 Å². The van der Waals surface area contributed by atoms with Crippen LogP contribution < -0.4 is 14.8 Å². The maximum absolute atomic E-state index is 13.3. The molecule has 0 saturated heterocycles. The van der Waals surface area contributed by atoms with Crippen LogP contribution in [0.15, 0.2) is 78.9 Å². The van der Waals surface area contributed by atoms with E-state index in [2.05, 4.69) is 22.4 Å². The number of aryl methyl sites for hydroxylation is 2. The number of carbonyl (C=O) groups is 2. The number of nitrogens with one attached hydrogen (secondary N) is 2. The first kappa shape index (κ1) is 29.0. The van der Waals surface area contributed by atoms with Gasteiger partial charge in [-0.1, -0.05) is 67.1 Å². The van der Waals surface area contributed by atoms with Gasteiger partial charge in [0.2, 0.25) is 5.88 Å². The maximum atomic E-state index is 13.3. The zero-order chi connectivity index (χ0) is 30.9. The van der Waals surface area contributed by atoms with E-state index in [1.807, 2.05) is 73.7 Å². The van der Waals surface area contributed by atoms with Crippen LogP contribution in [0.4, 0.5) is 4.79 Å². The van der Waals surface area contributed by atoms with Gasteiger partial charge in [0.05, 0.1) is 12.1 Å². The van der Waals surface area contributed by atoms with E-state index in [-0.39, 0.29) is 11.8 Å². The second-order valence-electron chi connectivity index (χ2n) is 12.6. The monoisotopic (exact) mass is 602 g/mol. The Hall–Kier alpha value is -4.78. The van der Waals surface area contributed by atoms with E-state index < -0.39 is 6.16 Å². The first-order valence-corrected chi connectivity index (χ1v) is 16.0. The Labute approximate surface area is 262 Å². The third kappa shape index (κ3) is 5.87. The number of hydrogen-bond donors (Lipinski definition) is 3. The largest absolute Gasteiger partial charge is 0.512 e. The summed E-state index contributed by atoms with van der Waals surface area (Å²) in [6.45, 7) is 3.22. The molecular formula is C38H38N2O5. The van der Waals surface area contributed by atoms with Crippen molar-refractivity contribution in [2.45, 2.75) is 45.4 Å². The molecule has 0 radical (unpaired) electrons. The molecule has 45 heavy (non-hydrogen) atoms. The first-order valence-electron chi connectivity index (χ1n) is 16.0. The van der Waals surface area contributed by atoms with E-state index in [4.69, 9.17) is 9.47 Å². The third-order valence-electron chi connectivity index (χ3n) is 9.87. The lowest BCUT2D eigenvalue weighted by atomic mass is 9.89. The van der Waals surface area contributed by atoms with E-state index >= 15 is 0 Å². The van der Waals surface area contributed by atoms with Crippen LogP contribution in [-0.4, -0.2) is 35.3 Å². The standard InChI is InChI=1S/C38H38N2O5/c1-23-14-16-27(36(41)39-22-28-20-24-15-17-26(28)19-24)21-33(23)31-11-5-10-30-32(37(40-35(30)31)45-38(42)43)12-6-18-44-34-13-4-8-25-7-2-3-9-29(25)34/h2-5,7-11,13-14,16,21,24,26,28,40H,6,12,15,17-20,22H2,1H3,(H,39,41)(H,42,43)/t24-,26+,28?/m1/s1. The Balaban J connectivity index is 1.12. The highest BCUT2D eigenvalue weighted by molar-refractivity contribution is 6.01. The van der Waals surface area contributed by atoms with Crippen molar-refractivity contribution < 1.29 is 24.2 Å². The number of para-hydroxylation sites is 1. The van der Waals surface area contributed by atoms with Crippen LogP contribution in [0.2, 0.25) is 0 Å². The summed E-state index contributed by atoms with van der Waals surface area (Å²) in [5.41, 5.74) is 5.01. The number of carboxylic acid groups (broad SMARTS) is 1. The van der Waals surface area contributed by atoms with Gasteiger partial charge in [-0.3, -0.25) is 4.79 Å². The van der Waals surface area contributed by atoms with Gasteiger partial charge in [0.25, 0.3) is 5.91 Å². The molecule has 1 unspecified atom stereocenters. The van der Waals surface area contributed by atoms with Gasteiger partial charge >= 0.3 is 6.16 Å². The first-order chi connectivity index (χ1) is 21.9. The highest BCUT2D eigenvalue weighted by Crippen LogP contribution is 2.48. The predicted octanol–water partition coefficient (Wildman–Crippen LogP) is 8.53. The molecule has 1 heterocycles. The SMILES string of the molecule is Cc1ccc(C(=O)NCC2C[C@@H]3CC[C@H]2C3)cc1-c1cccc2c(CCCOc3cccc4ccccc34)c(OC(=O)O)[nH]c12. The number of ether oxygens (including phenoxy) is 2. The summed E-state index contributed by atoms with van der Waals surface area (Å²) in [5, 5.41) is 15.8. The van der Waals surface area contributed by atoms with E-state index in [9.17, 15) is 14.7 Å². The van der Waals surface area contributed by atoms with Crippen LogP contribution in [0.3, 0.4) is 0 Å². The summed E-state index contributed by atoms with van der Waals surface area (Å²) in [4.78, 5) is 28.2. The fourth-order valence-electron chi connectivity index (χ4n) is 7.66. The molecule has 2 bridgehead atoms. The lowest BCUT2D eigenvalue weighted by Crippen LogP contribution is -2.31. The zero-order valence-electron chi connectivity index (χ0n) is 25.5. The summed E-state index contributed by atoms with van der Waals surface area (Å²) in [6, 6.07) is 25.9. The molecule has 0 aliphatic heterocycles. The normalized spacial score (nSPS) is 18.8. The van der Waals surface area contributed by atoms with Crippen molar-refractivity contribution in [1.82, 2.24) is 10.3 Å². The molecule has 2 aliphatic carbocycles. The van der Waals surface area contributed by atoms with Gasteiger partial charge in [0, 0.05) is 34.0 Å². The molecule has 7 nitrogen and oxygen atoms in total. The molecule has 3 atom stereocenters. The lowest BCUT2D eigenvalue weighted by molar-refractivity contribution is 0.0941. The van der Waals surface area contributed by atoms with Crippen molar-refractivity contribution in [3.8, 4) is 22.8 Å². The molecule has 230 valence electrons. The Kier molecular flexibility index (Phi) is 7.92. The van der Waals surface area contributed by atoms with E-state index in [0.29, 0.717) is 30.9 Å². The average molecular weight is 603 g/mol. The molecule has 2 fully saturated rings. The maximum Gasteiger partial charge on any atom is 0.512 e. The molecule has 7 heteroatoms. The molecule has 3 N–H and O–H groups in total. The molecule has 2 aliphatic rings. The quantitative estimate of drug-likeness (QED) is 0.110. The predicted molar refractivity (Wildman–Crippen MR) is 176 cm³/mol. The summed E-state index contributed by atoms with van der Waals surface area (Å²) in [6.07, 6.45) is 5.05. The molecule has 0 spiro atoms. The lowest BCUT2D eigenvalue weighted by Gasteiger charge is -2.22. The van der Waals surface area contributed by atoms with Crippen LogP contribution in [0.25, 0.3) is 32.8 Å². The number of hydrogen-bond acceptors (Lipinski definition) is 4. The van der Waals surface area contributed by atoms with Gasteiger partial charge in [0.1, 0.15) is 5.75 Å². The smallest absolute Gasteiger partial charge is 0.493 e. The minimum absolute atomic E-state index is 0.0560. The topological polar surface area (TPSA) is 101 Å². The van der Waals surface area contributed by atoms with Gasteiger partial charge in [-0.15, -0.1) is 0 Å². The number of fused-ring (bicyclic) bond motifs is 4. The van der Waals surface area contributed by atoms with Crippen molar-refractivity contribution in [1.29, 1.82) is 0 Å². The fraction of sp³-hybridized carbons (Fsp3) is 0.316. The minimum atomic E-state index is -1.37. The Bertz CT molecular complexity index is 1890. The summed E-state index contributed by atoms with van der Waals surface area (Å²) in [7, 11) is 0. The number of aromatic amines is 1. The van der Waals surface area contributed by atoms with Gasteiger partial charge in [-0.05, 0) is 91.5 Å². The van der Waals surface area contributed by atoms with Crippen molar-refractivity contribution in [2.24, 2.45) is 17.8 Å². The fourth-order valence-corrected chi connectivity index (χ4v) is 7.66. The van der Waals surface area contributed by atoms with Crippen molar-refractivity contribution in [2.75, 3.05) is 13.2 Å². The van der Waals surface area contributed by atoms with Crippen LogP contribution in [0.1, 0.15) is 53.6 Å². The highest BCUT2D eigenvalue weighted by atomic mass is 16.7. The van der Waals surface area contributed by atoms with Gasteiger partial charge in [0.15, 0.2) is 0 Å². The van der Waals surface area contributed by atoms with E-state index in [1.165, 1.54) is 25.7 Å². The van der Waals surface area contributed by atoms with Crippen molar-refractivity contribution in [3.05, 3.63) is 95.6 Å². The van der Waals surface area contributed by atoms with Crippen LogP contribution in [-0.2, 0) is 6.42 Å². The third-order valence-corrected chi connectivity index (χ3v) is 9.87. The number of rotatable bonds is 10. The van der Waals surface area contributed by atoms with E-state index in [0.717, 1.165) is 68.1 Å². The average Bonchev–Trinajstić information content (AvgIpc) is 3.77. The number of H-pyrrole nitrogens is 1. The van der Waals surface area contributed by atoms with Crippen LogP contribution in [0, 0.1) is 24.7 Å². The van der Waals surface area contributed by atoms with Gasteiger partial charge in [-0.2, -0.15) is 0 Å². The Morgan fingerprint density at radius 3 is 2.58 bits per heavy atom. The van der Waals surface area contributed by atoms with Crippen LogP contribution >= 0.6 is 0 Å². The summed E-state index contributed by atoms with van der Waals surface area (Å²) >= 11 is 0. The second-order valence-corrected chi connectivity index (χ2v) is 12.6. The van der Waals surface area contributed by atoms with Crippen molar-refractivity contribution in [3.63, 3.8) is 0 Å². The Morgan fingerprint density at radius 1 is 0.933 bits per heavy atom. The number of benzene rings is 4. The molecule has 2 saturated carbocycles. The minimum Gasteiger partial charge on any atom is -0.493 e.